The zero-order valence-electron chi connectivity index (χ0n) is 6.74. The van der Waals surface area contributed by atoms with Crippen LogP contribution in [0.1, 0.15) is 23.1 Å². The number of hydrogen-bond acceptors (Lipinski definition) is 3. The molecule has 0 radical (unpaired) electrons. The third kappa shape index (κ3) is 1.17. The number of aryl methyl sites for hydroxylation is 1. The molecule has 0 N–H and O–H groups in total. The minimum Gasteiger partial charge on any atom is -0.366 e. The molecular weight excluding hydrogens is 152 g/mol. The number of rotatable bonds is 1. The van der Waals surface area contributed by atoms with Crippen LogP contribution in [0.3, 0.4) is 0 Å². The Hall–Kier alpha value is -1.40. The van der Waals surface area contributed by atoms with Gasteiger partial charge in [0.15, 0.2) is 0 Å². The highest BCUT2D eigenvalue weighted by Crippen LogP contribution is 2.28. The van der Waals surface area contributed by atoms with Gasteiger partial charge in [-0.3, -0.25) is 4.98 Å². The van der Waals surface area contributed by atoms with Gasteiger partial charge in [-0.1, -0.05) is 0 Å². The van der Waals surface area contributed by atoms with Crippen molar-refractivity contribution in [1.29, 1.82) is 5.26 Å². The van der Waals surface area contributed by atoms with Crippen LogP contribution in [-0.4, -0.2) is 11.6 Å². The molecule has 0 bridgehead atoms. The average molecular weight is 160 g/mol. The summed E-state index contributed by atoms with van der Waals surface area (Å²) in [5, 5.41) is 8.64. The normalized spacial score (nSPS) is 20.2. The highest BCUT2D eigenvalue weighted by Gasteiger charge is 2.26. The molecule has 2 rings (SSSR count). The van der Waals surface area contributed by atoms with Gasteiger partial charge in [0.05, 0.1) is 23.6 Å². The van der Waals surface area contributed by atoms with Gasteiger partial charge in [-0.2, -0.15) is 5.26 Å². The number of aromatic nitrogens is 1. The van der Waals surface area contributed by atoms with Gasteiger partial charge in [0, 0.05) is 0 Å². The third-order valence-corrected chi connectivity index (χ3v) is 1.89. The van der Waals surface area contributed by atoms with Gasteiger partial charge in [0.25, 0.3) is 0 Å². The molecule has 60 valence electrons. The van der Waals surface area contributed by atoms with Gasteiger partial charge >= 0.3 is 0 Å². The first-order valence-electron chi connectivity index (χ1n) is 3.80. The first-order valence-corrected chi connectivity index (χ1v) is 3.80. The monoisotopic (exact) mass is 160 g/mol. The molecule has 0 amide bonds. The molecule has 3 heteroatoms. The van der Waals surface area contributed by atoms with Crippen LogP contribution in [0.4, 0.5) is 0 Å². The molecule has 3 nitrogen and oxygen atoms in total. The van der Waals surface area contributed by atoms with Crippen molar-refractivity contribution >= 4 is 0 Å². The molecule has 0 saturated carbocycles. The van der Waals surface area contributed by atoms with Crippen molar-refractivity contribution in [3.8, 4) is 6.07 Å². The highest BCUT2D eigenvalue weighted by molar-refractivity contribution is 5.34. The number of epoxide rings is 1. The summed E-state index contributed by atoms with van der Waals surface area (Å²) in [6.07, 6.45) is 0.177. The van der Waals surface area contributed by atoms with Crippen molar-refractivity contribution in [3.63, 3.8) is 0 Å². The third-order valence-electron chi connectivity index (χ3n) is 1.89. The van der Waals surface area contributed by atoms with Crippen molar-refractivity contribution in [1.82, 2.24) is 4.98 Å². The van der Waals surface area contributed by atoms with E-state index in [1.54, 1.807) is 6.07 Å². The predicted molar refractivity (Wildman–Crippen MR) is 42.4 cm³/mol. The summed E-state index contributed by atoms with van der Waals surface area (Å²) in [6, 6.07) is 5.72. The second-order valence-electron chi connectivity index (χ2n) is 2.80. The Morgan fingerprint density at radius 2 is 2.42 bits per heavy atom. The van der Waals surface area contributed by atoms with E-state index in [4.69, 9.17) is 10.00 Å². The maximum Gasteiger partial charge on any atom is 0.123 e. The van der Waals surface area contributed by atoms with E-state index < -0.39 is 0 Å². The SMILES string of the molecule is Cc1nc(C2CO2)ccc1C#N. The van der Waals surface area contributed by atoms with Gasteiger partial charge in [-0.05, 0) is 19.1 Å². The van der Waals surface area contributed by atoms with Crippen LogP contribution in [0.2, 0.25) is 0 Å². The lowest BCUT2D eigenvalue weighted by Crippen LogP contribution is -1.93. The van der Waals surface area contributed by atoms with Crippen LogP contribution in [0.25, 0.3) is 0 Å². The van der Waals surface area contributed by atoms with Crippen LogP contribution in [0.15, 0.2) is 12.1 Å². The lowest BCUT2D eigenvalue weighted by molar-refractivity contribution is 0.411. The fourth-order valence-corrected chi connectivity index (χ4v) is 1.10. The van der Waals surface area contributed by atoms with Crippen molar-refractivity contribution < 1.29 is 4.74 Å². The maximum atomic E-state index is 8.64. The van der Waals surface area contributed by atoms with E-state index in [9.17, 15) is 0 Å². The van der Waals surface area contributed by atoms with Gasteiger partial charge in [-0.25, -0.2) is 0 Å². The van der Waals surface area contributed by atoms with Gasteiger partial charge in [0.2, 0.25) is 0 Å². The molecule has 1 unspecified atom stereocenters. The quantitative estimate of drug-likeness (QED) is 0.582. The summed E-state index contributed by atoms with van der Waals surface area (Å²) in [7, 11) is 0. The van der Waals surface area contributed by atoms with E-state index in [-0.39, 0.29) is 6.10 Å². The van der Waals surface area contributed by atoms with Crippen LogP contribution in [0, 0.1) is 18.3 Å². The van der Waals surface area contributed by atoms with E-state index in [2.05, 4.69) is 11.1 Å². The fraction of sp³-hybridized carbons (Fsp3) is 0.333. The molecule has 1 aliphatic rings. The fourth-order valence-electron chi connectivity index (χ4n) is 1.10. The number of pyridine rings is 1. The van der Waals surface area contributed by atoms with Crippen molar-refractivity contribution in [2.45, 2.75) is 13.0 Å². The van der Waals surface area contributed by atoms with Gasteiger partial charge in [0.1, 0.15) is 12.2 Å². The average Bonchev–Trinajstić information content (AvgIpc) is 2.86. The largest absolute Gasteiger partial charge is 0.366 e. The zero-order chi connectivity index (χ0) is 8.55. The van der Waals surface area contributed by atoms with Crippen LogP contribution in [-0.2, 0) is 4.74 Å². The first-order chi connectivity index (χ1) is 5.81. The lowest BCUT2D eigenvalue weighted by atomic mass is 10.2. The Bertz CT molecular complexity index is 350. The molecule has 0 aliphatic carbocycles. The van der Waals surface area contributed by atoms with Crippen molar-refractivity contribution in [2.24, 2.45) is 0 Å². The minimum atomic E-state index is 0.177. The minimum absolute atomic E-state index is 0.177. The van der Waals surface area contributed by atoms with Crippen molar-refractivity contribution in [3.05, 3.63) is 29.1 Å². The molecular formula is C9H8N2O. The molecule has 1 aliphatic heterocycles. The summed E-state index contributed by atoms with van der Waals surface area (Å²) in [5.41, 5.74) is 2.36. The number of ether oxygens (including phenoxy) is 1. The first kappa shape index (κ1) is 7.26. The lowest BCUT2D eigenvalue weighted by Gasteiger charge is -1.98. The van der Waals surface area contributed by atoms with Crippen LogP contribution < -0.4 is 0 Å². The molecule has 1 fully saturated rings. The molecule has 12 heavy (non-hydrogen) atoms. The van der Waals surface area contributed by atoms with E-state index in [1.807, 2.05) is 13.0 Å². The van der Waals surface area contributed by atoms with Gasteiger partial charge < -0.3 is 4.74 Å². The Balaban J connectivity index is 2.38. The molecule has 1 atom stereocenters. The number of nitrogens with zero attached hydrogens (tertiary/aromatic N) is 2. The summed E-state index contributed by atoms with van der Waals surface area (Å²) in [5.74, 6) is 0. The number of nitriles is 1. The summed E-state index contributed by atoms with van der Waals surface area (Å²) >= 11 is 0. The second-order valence-corrected chi connectivity index (χ2v) is 2.80. The standard InChI is InChI=1S/C9H8N2O/c1-6-7(4-10)2-3-8(11-6)9-5-12-9/h2-3,9H,5H2,1H3. The van der Waals surface area contributed by atoms with E-state index in [0.29, 0.717) is 5.56 Å². The Labute approximate surface area is 70.6 Å². The number of hydrogen-bond donors (Lipinski definition) is 0. The smallest absolute Gasteiger partial charge is 0.123 e. The van der Waals surface area contributed by atoms with Crippen LogP contribution >= 0.6 is 0 Å². The summed E-state index contributed by atoms with van der Waals surface area (Å²) < 4.78 is 5.08. The molecule has 1 aromatic heterocycles. The Kier molecular flexibility index (Phi) is 1.56. The summed E-state index contributed by atoms with van der Waals surface area (Å²) in [4.78, 5) is 4.26. The van der Waals surface area contributed by atoms with E-state index in [0.717, 1.165) is 18.0 Å². The van der Waals surface area contributed by atoms with Crippen molar-refractivity contribution in [2.75, 3.05) is 6.61 Å². The molecule has 0 spiro atoms. The van der Waals surface area contributed by atoms with E-state index in [1.165, 1.54) is 0 Å². The second kappa shape index (κ2) is 2.58. The topological polar surface area (TPSA) is 49.2 Å². The zero-order valence-corrected chi connectivity index (χ0v) is 6.74. The van der Waals surface area contributed by atoms with Crippen LogP contribution in [0.5, 0.6) is 0 Å². The Morgan fingerprint density at radius 1 is 1.67 bits per heavy atom. The Morgan fingerprint density at radius 3 is 2.92 bits per heavy atom. The van der Waals surface area contributed by atoms with Gasteiger partial charge in [-0.15, -0.1) is 0 Å². The summed E-state index contributed by atoms with van der Waals surface area (Å²) in [6.45, 7) is 2.60. The molecule has 1 aromatic rings. The molecule has 2 heterocycles. The maximum absolute atomic E-state index is 8.64. The molecule has 1 saturated heterocycles. The molecule has 0 aromatic carbocycles. The highest BCUT2D eigenvalue weighted by atomic mass is 16.6. The predicted octanol–water partition coefficient (Wildman–Crippen LogP) is 1.33. The van der Waals surface area contributed by atoms with E-state index >= 15 is 0 Å².